The van der Waals surface area contributed by atoms with Crippen LogP contribution in [0.3, 0.4) is 0 Å². The monoisotopic (exact) mass is 377 g/mol. The molecule has 2 rings (SSSR count). The van der Waals surface area contributed by atoms with Crippen molar-refractivity contribution in [1.29, 1.82) is 0 Å². The number of aromatic amines is 1. The second-order valence-corrected chi connectivity index (χ2v) is 7.54. The van der Waals surface area contributed by atoms with E-state index < -0.39 is 18.0 Å². The van der Waals surface area contributed by atoms with E-state index in [4.69, 9.17) is 9.47 Å². The molecule has 0 radical (unpaired) electrons. The molecule has 7 heteroatoms. The summed E-state index contributed by atoms with van der Waals surface area (Å²) in [5.41, 5.74) is 2.12. The van der Waals surface area contributed by atoms with Crippen LogP contribution >= 0.6 is 11.3 Å². The van der Waals surface area contributed by atoms with Crippen molar-refractivity contribution >= 4 is 29.1 Å². The highest BCUT2D eigenvalue weighted by atomic mass is 32.1. The summed E-state index contributed by atoms with van der Waals surface area (Å²) >= 11 is 1.50. The number of esters is 2. The lowest BCUT2D eigenvalue weighted by Crippen LogP contribution is -2.25. The van der Waals surface area contributed by atoms with Crippen LogP contribution in [0.25, 0.3) is 0 Å². The van der Waals surface area contributed by atoms with E-state index in [2.05, 4.69) is 4.98 Å². The van der Waals surface area contributed by atoms with Crippen molar-refractivity contribution in [3.05, 3.63) is 43.9 Å². The van der Waals surface area contributed by atoms with Gasteiger partial charge in [0.15, 0.2) is 6.10 Å². The Labute approximate surface area is 156 Å². The minimum atomic E-state index is -0.978. The van der Waals surface area contributed by atoms with Crippen LogP contribution in [0.15, 0.2) is 6.07 Å². The Morgan fingerprint density at radius 2 is 1.81 bits per heavy atom. The largest absolute Gasteiger partial charge is 0.462 e. The second-order valence-electron chi connectivity index (χ2n) is 6.08. The predicted molar refractivity (Wildman–Crippen MR) is 99.2 cm³/mol. The van der Waals surface area contributed by atoms with Gasteiger partial charge in [0.05, 0.1) is 23.4 Å². The quantitative estimate of drug-likeness (QED) is 0.609. The average molecular weight is 377 g/mol. The number of rotatable bonds is 6. The van der Waals surface area contributed by atoms with Gasteiger partial charge in [-0.25, -0.2) is 9.59 Å². The molecule has 0 aliphatic heterocycles. The first-order chi connectivity index (χ1) is 12.2. The second kappa shape index (κ2) is 7.86. The maximum absolute atomic E-state index is 12.7. The van der Waals surface area contributed by atoms with Crippen molar-refractivity contribution in [2.24, 2.45) is 0 Å². The minimum absolute atomic E-state index is 0.250. The number of carbonyl (C=O) groups excluding carboxylic acids is 3. The summed E-state index contributed by atoms with van der Waals surface area (Å²) in [4.78, 5) is 41.9. The summed E-state index contributed by atoms with van der Waals surface area (Å²) in [7, 11) is 0. The van der Waals surface area contributed by atoms with E-state index in [0.717, 1.165) is 9.75 Å². The van der Waals surface area contributed by atoms with Gasteiger partial charge in [-0.2, -0.15) is 0 Å². The summed E-state index contributed by atoms with van der Waals surface area (Å²) in [6.07, 6.45) is -0.978. The number of hydrogen-bond donors (Lipinski definition) is 1. The lowest BCUT2D eigenvalue weighted by atomic mass is 10.1. The van der Waals surface area contributed by atoms with E-state index in [1.807, 2.05) is 13.8 Å². The number of H-pyrrole nitrogens is 1. The number of hydrogen-bond acceptors (Lipinski definition) is 6. The molecule has 0 saturated carbocycles. The SMILES string of the molecule is CCOC(=O)c1c(C)[nH]c(C(=O)[C@H](C)OC(=O)c2cc(C)sc2C)c1C. The third-order valence-corrected chi connectivity index (χ3v) is 5.04. The fraction of sp³-hybridized carbons (Fsp3) is 0.421. The summed E-state index contributed by atoms with van der Waals surface area (Å²) in [5.74, 6) is -1.40. The number of Topliss-reactive ketones (excluding diaryl/α,β-unsaturated/α-hetero) is 1. The van der Waals surface area contributed by atoms with Gasteiger partial charge in [0.25, 0.3) is 0 Å². The van der Waals surface area contributed by atoms with Crippen LogP contribution in [-0.4, -0.2) is 35.4 Å². The van der Waals surface area contributed by atoms with Crippen molar-refractivity contribution < 1.29 is 23.9 Å². The molecule has 0 amide bonds. The molecular formula is C19H23NO5S. The molecule has 0 aliphatic carbocycles. The predicted octanol–water partition coefficient (Wildman–Crippen LogP) is 3.91. The van der Waals surface area contributed by atoms with Crippen molar-refractivity contribution in [1.82, 2.24) is 4.98 Å². The van der Waals surface area contributed by atoms with E-state index in [1.54, 1.807) is 26.8 Å². The molecule has 0 unspecified atom stereocenters. The summed E-state index contributed by atoms with van der Waals surface area (Å²) in [5, 5.41) is 0. The van der Waals surface area contributed by atoms with E-state index in [0.29, 0.717) is 22.4 Å². The number of aromatic nitrogens is 1. The molecule has 140 valence electrons. The summed E-state index contributed by atoms with van der Waals surface area (Å²) < 4.78 is 10.4. The Balaban J connectivity index is 2.21. The van der Waals surface area contributed by atoms with Crippen molar-refractivity contribution in [3.8, 4) is 0 Å². The van der Waals surface area contributed by atoms with Gasteiger partial charge in [0, 0.05) is 15.4 Å². The van der Waals surface area contributed by atoms with Crippen LogP contribution in [0.2, 0.25) is 0 Å². The molecule has 6 nitrogen and oxygen atoms in total. The van der Waals surface area contributed by atoms with Crippen LogP contribution in [-0.2, 0) is 9.47 Å². The van der Waals surface area contributed by atoms with E-state index in [1.165, 1.54) is 18.3 Å². The average Bonchev–Trinajstić information content (AvgIpc) is 3.05. The first kappa shape index (κ1) is 19.9. The van der Waals surface area contributed by atoms with Gasteiger partial charge in [-0.15, -0.1) is 11.3 Å². The zero-order chi connectivity index (χ0) is 19.6. The normalized spacial score (nSPS) is 11.9. The topological polar surface area (TPSA) is 85.5 Å². The Hall–Kier alpha value is -2.41. The molecule has 2 aromatic heterocycles. The Bertz CT molecular complexity index is 862. The van der Waals surface area contributed by atoms with Crippen LogP contribution in [0.1, 0.15) is 66.1 Å². The fourth-order valence-electron chi connectivity index (χ4n) is 2.82. The van der Waals surface area contributed by atoms with Crippen molar-refractivity contribution in [2.45, 2.75) is 47.6 Å². The number of nitrogens with one attached hydrogen (secondary N) is 1. The molecule has 2 heterocycles. The van der Waals surface area contributed by atoms with E-state index in [-0.39, 0.29) is 18.1 Å². The number of thiophene rings is 1. The van der Waals surface area contributed by atoms with E-state index in [9.17, 15) is 14.4 Å². The molecule has 0 aromatic carbocycles. The first-order valence-corrected chi connectivity index (χ1v) is 9.17. The Morgan fingerprint density at radius 1 is 1.15 bits per heavy atom. The fourth-order valence-corrected chi connectivity index (χ4v) is 3.73. The smallest absolute Gasteiger partial charge is 0.340 e. The molecule has 1 atom stereocenters. The number of ether oxygens (including phenoxy) is 2. The van der Waals surface area contributed by atoms with Gasteiger partial charge in [-0.05, 0) is 53.2 Å². The van der Waals surface area contributed by atoms with Crippen molar-refractivity contribution in [3.63, 3.8) is 0 Å². The molecule has 0 spiro atoms. The lowest BCUT2D eigenvalue weighted by Gasteiger charge is -2.12. The maximum atomic E-state index is 12.7. The Morgan fingerprint density at radius 3 is 2.35 bits per heavy atom. The highest BCUT2D eigenvalue weighted by molar-refractivity contribution is 7.12. The van der Waals surface area contributed by atoms with Gasteiger partial charge in [-0.3, -0.25) is 4.79 Å². The van der Waals surface area contributed by atoms with Crippen molar-refractivity contribution in [2.75, 3.05) is 6.61 Å². The minimum Gasteiger partial charge on any atom is -0.462 e. The number of ketones is 1. The molecule has 0 aliphatic rings. The van der Waals surface area contributed by atoms with Crippen LogP contribution < -0.4 is 0 Å². The molecule has 0 fully saturated rings. The van der Waals surface area contributed by atoms with E-state index >= 15 is 0 Å². The van der Waals surface area contributed by atoms with Gasteiger partial charge < -0.3 is 14.5 Å². The standard InChI is InChI=1S/C19H23NO5S/c1-7-24-19(23)15-10(3)16(20-11(15)4)17(21)12(5)25-18(22)14-8-9(2)26-13(14)6/h8,12,20H,7H2,1-6H3/t12-/m0/s1. The van der Waals surface area contributed by atoms with Gasteiger partial charge in [0.2, 0.25) is 5.78 Å². The molecule has 26 heavy (non-hydrogen) atoms. The van der Waals surface area contributed by atoms with Gasteiger partial charge >= 0.3 is 11.9 Å². The van der Waals surface area contributed by atoms with Gasteiger partial charge in [-0.1, -0.05) is 0 Å². The molecule has 0 bridgehead atoms. The number of carbonyl (C=O) groups is 3. The van der Waals surface area contributed by atoms with Crippen LogP contribution in [0.5, 0.6) is 0 Å². The zero-order valence-corrected chi connectivity index (χ0v) is 16.6. The molecule has 1 N–H and O–H groups in total. The third-order valence-electron chi connectivity index (χ3n) is 4.08. The Kier molecular flexibility index (Phi) is 6.02. The maximum Gasteiger partial charge on any atom is 0.340 e. The first-order valence-electron chi connectivity index (χ1n) is 8.35. The number of aryl methyl sites for hydroxylation is 3. The highest BCUT2D eigenvalue weighted by Crippen LogP contribution is 2.24. The lowest BCUT2D eigenvalue weighted by molar-refractivity contribution is 0.0316. The molecular weight excluding hydrogens is 354 g/mol. The van der Waals surface area contributed by atoms with Crippen LogP contribution in [0.4, 0.5) is 0 Å². The highest BCUT2D eigenvalue weighted by Gasteiger charge is 2.28. The summed E-state index contributed by atoms with van der Waals surface area (Å²) in [6.45, 7) is 10.6. The zero-order valence-electron chi connectivity index (χ0n) is 15.8. The van der Waals surface area contributed by atoms with Gasteiger partial charge in [0.1, 0.15) is 0 Å². The van der Waals surface area contributed by atoms with Crippen LogP contribution in [0, 0.1) is 27.7 Å². The molecule has 0 saturated heterocycles. The summed E-state index contributed by atoms with van der Waals surface area (Å²) in [6, 6.07) is 1.75. The third kappa shape index (κ3) is 3.88. The molecule has 2 aromatic rings.